The summed E-state index contributed by atoms with van der Waals surface area (Å²) < 4.78 is 17.6. The fraction of sp³-hybridized carbons (Fsp3) is 1.00. The molecule has 0 N–H and O–H groups in total. The lowest BCUT2D eigenvalue weighted by Gasteiger charge is -2.28. The maximum Gasteiger partial charge on any atom is 0.641 e. The van der Waals surface area contributed by atoms with Crippen molar-refractivity contribution < 1.29 is 14.0 Å². The summed E-state index contributed by atoms with van der Waals surface area (Å²) in [7, 11) is -0.689. The van der Waals surface area contributed by atoms with Crippen molar-refractivity contribution in [3.63, 3.8) is 0 Å². The summed E-state index contributed by atoms with van der Waals surface area (Å²) >= 11 is 10.7. The van der Waals surface area contributed by atoms with E-state index in [4.69, 9.17) is 14.0 Å². The zero-order valence-electron chi connectivity index (χ0n) is 14.1. The van der Waals surface area contributed by atoms with Gasteiger partial charge in [-0.1, -0.05) is 40.0 Å². The molecule has 0 heterocycles. The van der Waals surface area contributed by atoms with E-state index < -0.39 is 7.32 Å². The van der Waals surface area contributed by atoms with Gasteiger partial charge in [0.15, 0.2) is 0 Å². The lowest BCUT2D eigenvalue weighted by atomic mass is 10.0. The van der Waals surface area contributed by atoms with Crippen LogP contribution in [-0.4, -0.2) is 28.9 Å². The minimum atomic E-state index is -0.689. The van der Waals surface area contributed by atoms with E-state index in [9.17, 15) is 0 Å². The number of thioether (sulfide) groups is 1. The van der Waals surface area contributed by atoms with Crippen molar-refractivity contribution in [2.45, 2.75) is 93.7 Å². The van der Waals surface area contributed by atoms with Gasteiger partial charge in [0.2, 0.25) is 0 Å². The molecule has 3 nitrogen and oxygen atoms in total. The third kappa shape index (κ3) is 8.74. The van der Waals surface area contributed by atoms with Crippen LogP contribution >= 0.6 is 37.0 Å². The second-order valence-electron chi connectivity index (χ2n) is 5.66. The standard InChI is InChI=1S/C15H31BO3S3/c1-4-13(20)17-16(18-14(21)5-2)19-15(6-3)22-12-10-8-7-9-11-12/h12-15,20-21H,4-11H2,1-3H3. The summed E-state index contributed by atoms with van der Waals surface area (Å²) in [6, 6.07) is 0. The maximum atomic E-state index is 6.07. The van der Waals surface area contributed by atoms with Crippen molar-refractivity contribution in [2.24, 2.45) is 0 Å². The molecule has 0 aliphatic heterocycles. The Labute approximate surface area is 152 Å². The first-order valence-electron chi connectivity index (χ1n) is 8.56. The van der Waals surface area contributed by atoms with Crippen LogP contribution in [0.1, 0.15) is 72.1 Å². The second-order valence-corrected chi connectivity index (χ2v) is 8.27. The molecule has 130 valence electrons. The molecule has 0 aromatic rings. The van der Waals surface area contributed by atoms with Crippen LogP contribution in [0.2, 0.25) is 0 Å². The van der Waals surface area contributed by atoms with Gasteiger partial charge in [-0.2, -0.15) is 0 Å². The first kappa shape index (κ1) is 21.0. The molecule has 0 amide bonds. The molecule has 0 bridgehead atoms. The molecular formula is C15H31BO3S3. The first-order chi connectivity index (χ1) is 10.6. The lowest BCUT2D eigenvalue weighted by molar-refractivity contribution is 0.0674. The topological polar surface area (TPSA) is 27.7 Å². The highest BCUT2D eigenvalue weighted by Gasteiger charge is 2.31. The molecule has 3 unspecified atom stereocenters. The Morgan fingerprint density at radius 2 is 1.45 bits per heavy atom. The zero-order valence-corrected chi connectivity index (χ0v) is 16.7. The molecule has 0 aromatic carbocycles. The van der Waals surface area contributed by atoms with Crippen LogP contribution in [0.25, 0.3) is 0 Å². The molecule has 0 spiro atoms. The lowest BCUT2D eigenvalue weighted by Crippen LogP contribution is -2.36. The number of hydrogen-bond acceptors (Lipinski definition) is 6. The predicted molar refractivity (Wildman–Crippen MR) is 104 cm³/mol. The van der Waals surface area contributed by atoms with Gasteiger partial charge >= 0.3 is 7.32 Å². The van der Waals surface area contributed by atoms with E-state index >= 15 is 0 Å². The molecule has 1 aliphatic rings. The summed E-state index contributed by atoms with van der Waals surface area (Å²) in [5.41, 5.74) is -0.262. The van der Waals surface area contributed by atoms with E-state index in [1.807, 2.05) is 25.6 Å². The number of thiol groups is 2. The van der Waals surface area contributed by atoms with Crippen molar-refractivity contribution >= 4 is 44.3 Å². The Hall–Kier alpha value is 0.995. The van der Waals surface area contributed by atoms with Crippen LogP contribution in [0.3, 0.4) is 0 Å². The highest BCUT2D eigenvalue weighted by atomic mass is 32.2. The van der Waals surface area contributed by atoms with Crippen LogP contribution in [0.5, 0.6) is 0 Å². The Morgan fingerprint density at radius 3 is 1.91 bits per heavy atom. The molecule has 0 saturated heterocycles. The van der Waals surface area contributed by atoms with Crippen LogP contribution in [0.4, 0.5) is 0 Å². The first-order valence-corrected chi connectivity index (χ1v) is 10.5. The SMILES string of the molecule is CCC(S)OB(OC(S)CC)OC(CC)SC1CCCCC1. The van der Waals surface area contributed by atoms with E-state index in [1.165, 1.54) is 32.1 Å². The third-order valence-corrected chi connectivity index (χ3v) is 6.31. The third-order valence-electron chi connectivity index (χ3n) is 3.73. The van der Waals surface area contributed by atoms with Crippen molar-refractivity contribution in [2.75, 3.05) is 0 Å². The van der Waals surface area contributed by atoms with Crippen LogP contribution in [0.15, 0.2) is 0 Å². The van der Waals surface area contributed by atoms with Gasteiger partial charge < -0.3 is 14.0 Å². The van der Waals surface area contributed by atoms with Crippen molar-refractivity contribution in [3.05, 3.63) is 0 Å². The van der Waals surface area contributed by atoms with Gasteiger partial charge in [-0.25, -0.2) is 0 Å². The zero-order chi connectivity index (χ0) is 16.4. The quantitative estimate of drug-likeness (QED) is 0.300. The predicted octanol–water partition coefficient (Wildman–Crippen LogP) is 5.15. The molecule has 3 atom stereocenters. The maximum absolute atomic E-state index is 6.07. The summed E-state index contributed by atoms with van der Waals surface area (Å²) in [5.74, 6) is 0. The smallest absolute Gasteiger partial charge is 0.374 e. The molecule has 7 heteroatoms. The van der Waals surface area contributed by atoms with Gasteiger partial charge in [-0.05, 0) is 32.1 Å². The molecule has 1 aliphatic carbocycles. The Balaban J connectivity index is 2.50. The summed E-state index contributed by atoms with van der Waals surface area (Å²) in [6.45, 7) is 6.20. The molecule has 22 heavy (non-hydrogen) atoms. The minimum absolute atomic E-state index is 0.0999. The molecule has 1 rings (SSSR count). The van der Waals surface area contributed by atoms with E-state index in [0.29, 0.717) is 5.25 Å². The average Bonchev–Trinajstić information content (AvgIpc) is 2.54. The van der Waals surface area contributed by atoms with Crippen LogP contribution < -0.4 is 0 Å². The van der Waals surface area contributed by atoms with Crippen molar-refractivity contribution in [1.29, 1.82) is 0 Å². The molecular weight excluding hydrogens is 335 g/mol. The van der Waals surface area contributed by atoms with Gasteiger partial charge in [0, 0.05) is 5.25 Å². The van der Waals surface area contributed by atoms with E-state index in [-0.39, 0.29) is 16.3 Å². The van der Waals surface area contributed by atoms with Gasteiger partial charge in [0.05, 0.1) is 16.3 Å². The molecule has 0 aromatic heterocycles. The van der Waals surface area contributed by atoms with E-state index in [2.05, 4.69) is 32.2 Å². The Kier molecular flexibility index (Phi) is 11.8. The van der Waals surface area contributed by atoms with Gasteiger partial charge in [0.25, 0.3) is 0 Å². The van der Waals surface area contributed by atoms with Gasteiger partial charge in [-0.15, -0.1) is 37.0 Å². The second kappa shape index (κ2) is 12.4. The van der Waals surface area contributed by atoms with Crippen LogP contribution in [0, 0.1) is 0 Å². The fourth-order valence-electron chi connectivity index (χ4n) is 2.31. The van der Waals surface area contributed by atoms with Crippen molar-refractivity contribution in [1.82, 2.24) is 0 Å². The van der Waals surface area contributed by atoms with E-state index in [1.54, 1.807) is 0 Å². The minimum Gasteiger partial charge on any atom is -0.374 e. The molecule has 1 saturated carbocycles. The highest BCUT2D eigenvalue weighted by molar-refractivity contribution is 8.00. The highest BCUT2D eigenvalue weighted by Crippen LogP contribution is 2.33. The Bertz CT molecular complexity index is 269. The fourth-order valence-corrected chi connectivity index (χ4v) is 3.89. The number of hydrogen-bond donors (Lipinski definition) is 2. The number of rotatable bonds is 11. The monoisotopic (exact) mass is 366 g/mol. The molecule has 1 fully saturated rings. The van der Waals surface area contributed by atoms with Crippen LogP contribution in [-0.2, 0) is 14.0 Å². The van der Waals surface area contributed by atoms with E-state index in [0.717, 1.165) is 19.3 Å². The Morgan fingerprint density at radius 1 is 0.909 bits per heavy atom. The summed E-state index contributed by atoms with van der Waals surface area (Å²) in [5, 5.41) is 0.704. The van der Waals surface area contributed by atoms with Gasteiger partial charge in [0.1, 0.15) is 0 Å². The molecule has 0 radical (unpaired) electrons. The average molecular weight is 366 g/mol. The largest absolute Gasteiger partial charge is 0.641 e. The van der Waals surface area contributed by atoms with Crippen molar-refractivity contribution in [3.8, 4) is 0 Å². The van der Waals surface area contributed by atoms with Gasteiger partial charge in [-0.3, -0.25) is 0 Å². The normalized spacial score (nSPS) is 20.6. The summed E-state index contributed by atoms with van der Waals surface area (Å²) in [6.07, 6.45) is 9.21. The summed E-state index contributed by atoms with van der Waals surface area (Å²) in [4.78, 5) is 0.